The monoisotopic (exact) mass is 226 g/mol. The van der Waals surface area contributed by atoms with Crippen LogP contribution in [0.25, 0.3) is 0 Å². The second-order valence-corrected chi connectivity index (χ2v) is 3.94. The van der Waals surface area contributed by atoms with Gasteiger partial charge in [0.15, 0.2) is 0 Å². The van der Waals surface area contributed by atoms with E-state index in [0.717, 1.165) is 0 Å². The molecular formula is C11H15Br. The van der Waals surface area contributed by atoms with Crippen molar-refractivity contribution in [2.24, 2.45) is 0 Å². The molecule has 0 aliphatic carbocycles. The third-order valence-corrected chi connectivity index (χ3v) is 3.21. The van der Waals surface area contributed by atoms with E-state index in [2.05, 4.69) is 48.0 Å². The van der Waals surface area contributed by atoms with E-state index in [1.54, 1.807) is 0 Å². The number of benzene rings is 1. The summed E-state index contributed by atoms with van der Waals surface area (Å²) >= 11 is 3.61. The molecule has 0 fully saturated rings. The number of unbranched alkanes of at least 4 members (excludes halogenated alkanes) is 1. The fourth-order valence-electron chi connectivity index (χ4n) is 1.27. The number of halogens is 1. The first-order valence-electron chi connectivity index (χ1n) is 4.49. The predicted molar refractivity (Wildman–Crippen MR) is 57.5 cm³/mol. The van der Waals surface area contributed by atoms with Gasteiger partial charge in [0.05, 0.1) is 0 Å². The number of rotatable bonds is 3. The summed E-state index contributed by atoms with van der Waals surface area (Å²) in [5, 5.41) is 0. The van der Waals surface area contributed by atoms with Gasteiger partial charge in [-0.2, -0.15) is 0 Å². The third kappa shape index (κ3) is 2.34. The molecule has 0 unspecified atom stereocenters. The van der Waals surface area contributed by atoms with Crippen molar-refractivity contribution in [3.05, 3.63) is 33.8 Å². The summed E-state index contributed by atoms with van der Waals surface area (Å²) in [5.41, 5.74) is 2.78. The van der Waals surface area contributed by atoms with Crippen LogP contribution in [0.1, 0.15) is 30.9 Å². The van der Waals surface area contributed by atoms with Gasteiger partial charge < -0.3 is 0 Å². The topological polar surface area (TPSA) is 0 Å². The van der Waals surface area contributed by atoms with Gasteiger partial charge >= 0.3 is 0 Å². The fraction of sp³-hybridized carbons (Fsp3) is 0.455. The molecule has 1 aromatic carbocycles. The van der Waals surface area contributed by atoms with Crippen LogP contribution in [-0.2, 0) is 6.42 Å². The zero-order chi connectivity index (χ0) is 8.97. The molecule has 12 heavy (non-hydrogen) atoms. The Balaban J connectivity index is 2.78. The zero-order valence-electron chi connectivity index (χ0n) is 7.73. The summed E-state index contributed by atoms with van der Waals surface area (Å²) in [6.45, 7) is 4.36. The van der Waals surface area contributed by atoms with Gasteiger partial charge in [0, 0.05) is 4.47 Å². The second-order valence-electron chi connectivity index (χ2n) is 3.15. The molecule has 1 rings (SSSR count). The molecule has 0 aromatic heterocycles. The molecular weight excluding hydrogens is 212 g/mol. The van der Waals surface area contributed by atoms with E-state index < -0.39 is 0 Å². The summed E-state index contributed by atoms with van der Waals surface area (Å²) in [5.74, 6) is 0. The van der Waals surface area contributed by atoms with Crippen LogP contribution in [0.5, 0.6) is 0 Å². The maximum atomic E-state index is 3.61. The van der Waals surface area contributed by atoms with Crippen LogP contribution in [0, 0.1) is 6.92 Å². The highest BCUT2D eigenvalue weighted by molar-refractivity contribution is 9.10. The number of hydrogen-bond donors (Lipinski definition) is 0. The first kappa shape index (κ1) is 9.79. The minimum absolute atomic E-state index is 1.19. The highest BCUT2D eigenvalue weighted by Crippen LogP contribution is 2.22. The Morgan fingerprint density at radius 1 is 1.33 bits per heavy atom. The molecule has 0 nitrogen and oxygen atoms in total. The van der Waals surface area contributed by atoms with E-state index >= 15 is 0 Å². The summed E-state index contributed by atoms with van der Waals surface area (Å²) in [6.07, 6.45) is 3.74. The second kappa shape index (κ2) is 4.66. The largest absolute Gasteiger partial charge is 0.0654 e. The molecule has 0 aliphatic rings. The Morgan fingerprint density at radius 2 is 2.08 bits per heavy atom. The predicted octanol–water partition coefficient (Wildman–Crippen LogP) is 4.10. The summed E-state index contributed by atoms with van der Waals surface area (Å²) < 4.78 is 1.29. The van der Waals surface area contributed by atoms with Crippen LogP contribution in [0.15, 0.2) is 22.7 Å². The Hall–Kier alpha value is -0.300. The Kier molecular flexibility index (Phi) is 3.80. The Morgan fingerprint density at radius 3 is 2.75 bits per heavy atom. The molecule has 0 saturated heterocycles. The summed E-state index contributed by atoms with van der Waals surface area (Å²) in [4.78, 5) is 0. The van der Waals surface area contributed by atoms with Crippen LogP contribution in [0.4, 0.5) is 0 Å². The number of aryl methyl sites for hydroxylation is 2. The van der Waals surface area contributed by atoms with Crippen LogP contribution >= 0.6 is 15.9 Å². The van der Waals surface area contributed by atoms with E-state index in [9.17, 15) is 0 Å². The average molecular weight is 227 g/mol. The van der Waals surface area contributed by atoms with Gasteiger partial charge in [-0.1, -0.05) is 47.5 Å². The maximum absolute atomic E-state index is 3.61. The molecule has 0 aliphatic heterocycles. The normalized spacial score (nSPS) is 10.2. The van der Waals surface area contributed by atoms with Crippen molar-refractivity contribution in [3.63, 3.8) is 0 Å². The van der Waals surface area contributed by atoms with E-state index in [-0.39, 0.29) is 0 Å². The fourth-order valence-corrected chi connectivity index (χ4v) is 1.73. The molecule has 0 amide bonds. The highest BCUT2D eigenvalue weighted by Gasteiger charge is 2.00. The van der Waals surface area contributed by atoms with Crippen molar-refractivity contribution in [2.45, 2.75) is 33.1 Å². The maximum Gasteiger partial charge on any atom is 0.0236 e. The average Bonchev–Trinajstić information content (AvgIpc) is 2.08. The highest BCUT2D eigenvalue weighted by atomic mass is 79.9. The Bertz CT molecular complexity index is 253. The van der Waals surface area contributed by atoms with Gasteiger partial charge in [0.2, 0.25) is 0 Å². The molecule has 0 N–H and O–H groups in total. The van der Waals surface area contributed by atoms with Crippen LogP contribution in [-0.4, -0.2) is 0 Å². The standard InChI is InChI=1S/C11H15Br/c1-3-4-7-10-8-5-6-9(2)11(10)12/h5-6,8H,3-4,7H2,1-2H3. The lowest BCUT2D eigenvalue weighted by Crippen LogP contribution is -1.88. The van der Waals surface area contributed by atoms with Gasteiger partial charge in [0.25, 0.3) is 0 Å². The van der Waals surface area contributed by atoms with Crippen molar-refractivity contribution in [1.82, 2.24) is 0 Å². The van der Waals surface area contributed by atoms with Gasteiger partial charge in [-0.25, -0.2) is 0 Å². The van der Waals surface area contributed by atoms with Crippen molar-refractivity contribution in [1.29, 1.82) is 0 Å². The van der Waals surface area contributed by atoms with Crippen molar-refractivity contribution in [3.8, 4) is 0 Å². The van der Waals surface area contributed by atoms with Gasteiger partial charge in [0.1, 0.15) is 0 Å². The molecule has 1 heteroatoms. The first-order valence-corrected chi connectivity index (χ1v) is 5.29. The van der Waals surface area contributed by atoms with Crippen LogP contribution < -0.4 is 0 Å². The zero-order valence-corrected chi connectivity index (χ0v) is 9.32. The number of hydrogen-bond acceptors (Lipinski definition) is 0. The summed E-state index contributed by atoms with van der Waals surface area (Å²) in [6, 6.07) is 6.47. The summed E-state index contributed by atoms with van der Waals surface area (Å²) in [7, 11) is 0. The minimum atomic E-state index is 1.19. The van der Waals surface area contributed by atoms with E-state index in [0.29, 0.717) is 0 Å². The van der Waals surface area contributed by atoms with Gasteiger partial charge in [-0.05, 0) is 30.9 Å². The van der Waals surface area contributed by atoms with Crippen LogP contribution in [0.2, 0.25) is 0 Å². The third-order valence-electron chi connectivity index (χ3n) is 2.07. The molecule has 0 bridgehead atoms. The van der Waals surface area contributed by atoms with Crippen LogP contribution in [0.3, 0.4) is 0 Å². The molecule has 0 saturated carbocycles. The molecule has 0 heterocycles. The van der Waals surface area contributed by atoms with E-state index in [4.69, 9.17) is 0 Å². The lowest BCUT2D eigenvalue weighted by atomic mass is 10.1. The molecule has 66 valence electrons. The van der Waals surface area contributed by atoms with Crippen molar-refractivity contribution >= 4 is 15.9 Å². The minimum Gasteiger partial charge on any atom is -0.0654 e. The van der Waals surface area contributed by atoms with Gasteiger partial charge in [-0.3, -0.25) is 0 Å². The SMILES string of the molecule is CCCCc1cccc(C)c1Br. The van der Waals surface area contributed by atoms with Crippen molar-refractivity contribution < 1.29 is 0 Å². The molecule has 0 atom stereocenters. The Labute approximate surface area is 83.1 Å². The van der Waals surface area contributed by atoms with Gasteiger partial charge in [-0.15, -0.1) is 0 Å². The first-order chi connectivity index (χ1) is 5.75. The van der Waals surface area contributed by atoms with E-state index in [1.165, 1.54) is 34.9 Å². The molecule has 0 radical (unpaired) electrons. The lowest BCUT2D eigenvalue weighted by molar-refractivity contribution is 0.792. The quantitative estimate of drug-likeness (QED) is 0.729. The molecule has 0 spiro atoms. The lowest BCUT2D eigenvalue weighted by Gasteiger charge is -2.05. The van der Waals surface area contributed by atoms with E-state index in [1.807, 2.05) is 0 Å². The smallest absolute Gasteiger partial charge is 0.0236 e. The van der Waals surface area contributed by atoms with Crippen molar-refractivity contribution in [2.75, 3.05) is 0 Å². The molecule has 1 aromatic rings.